The number of ether oxygens (including phenoxy) is 1. The summed E-state index contributed by atoms with van der Waals surface area (Å²) in [6.07, 6.45) is 1.19. The predicted octanol–water partition coefficient (Wildman–Crippen LogP) is 1.79. The lowest BCUT2D eigenvalue weighted by molar-refractivity contribution is -0.152. The van der Waals surface area contributed by atoms with E-state index in [2.05, 4.69) is 11.8 Å². The summed E-state index contributed by atoms with van der Waals surface area (Å²) in [7, 11) is 1.38. The number of likely N-dealkylation sites (tertiary alicyclic amines) is 1. The van der Waals surface area contributed by atoms with E-state index in [4.69, 9.17) is 4.74 Å². The van der Waals surface area contributed by atoms with E-state index < -0.39 is 11.5 Å². The summed E-state index contributed by atoms with van der Waals surface area (Å²) in [5, 5.41) is 11.0. The first-order chi connectivity index (χ1) is 9.60. The van der Waals surface area contributed by atoms with Gasteiger partial charge >= 0.3 is 5.97 Å². The van der Waals surface area contributed by atoms with Gasteiger partial charge in [0.25, 0.3) is 0 Å². The van der Waals surface area contributed by atoms with Crippen molar-refractivity contribution >= 4 is 5.97 Å². The molecule has 4 nitrogen and oxygen atoms in total. The van der Waals surface area contributed by atoms with Gasteiger partial charge in [0.05, 0.1) is 12.7 Å². The monoisotopic (exact) mass is 277 g/mol. The molecule has 0 saturated carbocycles. The molecule has 20 heavy (non-hydrogen) atoms. The number of rotatable bonds is 4. The van der Waals surface area contributed by atoms with E-state index in [0.29, 0.717) is 12.8 Å². The highest BCUT2D eigenvalue weighted by Crippen LogP contribution is 2.37. The Morgan fingerprint density at radius 2 is 1.95 bits per heavy atom. The first-order valence-corrected chi connectivity index (χ1v) is 7.18. The van der Waals surface area contributed by atoms with E-state index in [9.17, 15) is 9.90 Å². The predicted molar refractivity (Wildman–Crippen MR) is 77.5 cm³/mol. The second-order valence-electron chi connectivity index (χ2n) is 5.40. The lowest BCUT2D eigenvalue weighted by Crippen LogP contribution is -2.50. The molecule has 1 aromatic carbocycles. The Kier molecular flexibility index (Phi) is 4.78. The molecular weight excluding hydrogens is 254 g/mol. The van der Waals surface area contributed by atoms with Crippen LogP contribution in [0.25, 0.3) is 0 Å². The molecule has 0 bridgehead atoms. The number of nitrogens with zero attached hydrogens (tertiary/aromatic N) is 1. The molecule has 1 N–H and O–H groups in total. The maximum atomic E-state index is 12.2. The van der Waals surface area contributed by atoms with Gasteiger partial charge in [0.2, 0.25) is 0 Å². The van der Waals surface area contributed by atoms with Gasteiger partial charge in [-0.1, -0.05) is 37.3 Å². The van der Waals surface area contributed by atoms with Crippen molar-refractivity contribution in [2.24, 2.45) is 0 Å². The minimum Gasteiger partial charge on any atom is -0.468 e. The van der Waals surface area contributed by atoms with E-state index in [1.165, 1.54) is 7.11 Å². The number of hydrogen-bond acceptors (Lipinski definition) is 4. The average molecular weight is 277 g/mol. The average Bonchev–Trinajstić information content (AvgIpc) is 2.49. The molecule has 1 heterocycles. The molecule has 1 saturated heterocycles. The van der Waals surface area contributed by atoms with Crippen LogP contribution in [0.3, 0.4) is 0 Å². The van der Waals surface area contributed by atoms with Crippen molar-refractivity contribution in [3.8, 4) is 0 Å². The third kappa shape index (κ3) is 3.02. The van der Waals surface area contributed by atoms with E-state index in [1.807, 2.05) is 30.3 Å². The normalized spacial score (nSPS) is 20.4. The fraction of sp³-hybridized carbons (Fsp3) is 0.562. The molecule has 4 heteroatoms. The van der Waals surface area contributed by atoms with Gasteiger partial charge < -0.3 is 14.7 Å². The second-order valence-corrected chi connectivity index (χ2v) is 5.40. The third-order valence-electron chi connectivity index (χ3n) is 4.28. The second kappa shape index (κ2) is 6.37. The van der Waals surface area contributed by atoms with Crippen LogP contribution in [0, 0.1) is 0 Å². The Balaban J connectivity index is 2.26. The highest BCUT2D eigenvalue weighted by atomic mass is 16.5. The van der Waals surface area contributed by atoms with Crippen molar-refractivity contribution in [1.82, 2.24) is 4.90 Å². The van der Waals surface area contributed by atoms with E-state index in [1.54, 1.807) is 0 Å². The zero-order valence-corrected chi connectivity index (χ0v) is 12.2. The van der Waals surface area contributed by atoms with Gasteiger partial charge in [-0.2, -0.15) is 0 Å². The van der Waals surface area contributed by atoms with Crippen LogP contribution in [-0.2, 0) is 9.53 Å². The fourth-order valence-corrected chi connectivity index (χ4v) is 2.97. The van der Waals surface area contributed by atoms with Crippen LogP contribution >= 0.6 is 0 Å². The Morgan fingerprint density at radius 3 is 2.45 bits per heavy atom. The van der Waals surface area contributed by atoms with Gasteiger partial charge in [0.1, 0.15) is 5.92 Å². The number of aliphatic hydroxyl groups is 1. The molecule has 1 aliphatic rings. The molecule has 0 amide bonds. The summed E-state index contributed by atoms with van der Waals surface area (Å²) in [5.41, 5.74) is -0.188. The van der Waals surface area contributed by atoms with Crippen LogP contribution < -0.4 is 0 Å². The highest BCUT2D eigenvalue weighted by molar-refractivity contribution is 5.79. The highest BCUT2D eigenvalue weighted by Gasteiger charge is 2.44. The maximum Gasteiger partial charge on any atom is 0.316 e. The lowest BCUT2D eigenvalue weighted by atomic mass is 9.76. The molecule has 1 fully saturated rings. The number of hydrogen-bond donors (Lipinski definition) is 1. The molecular formula is C16H23NO3. The Bertz CT molecular complexity index is 438. The first-order valence-electron chi connectivity index (χ1n) is 7.18. The fourth-order valence-electron chi connectivity index (χ4n) is 2.97. The zero-order valence-electron chi connectivity index (χ0n) is 12.2. The van der Waals surface area contributed by atoms with E-state index in [-0.39, 0.29) is 5.97 Å². The number of piperidine rings is 1. The summed E-state index contributed by atoms with van der Waals surface area (Å²) >= 11 is 0. The molecule has 0 aromatic heterocycles. The molecule has 1 aliphatic heterocycles. The molecule has 0 unspecified atom stereocenters. The molecule has 0 aliphatic carbocycles. The van der Waals surface area contributed by atoms with Crippen molar-refractivity contribution < 1.29 is 14.6 Å². The Labute approximate surface area is 120 Å². The van der Waals surface area contributed by atoms with Gasteiger partial charge in [-0.25, -0.2) is 0 Å². The van der Waals surface area contributed by atoms with Crippen molar-refractivity contribution in [1.29, 1.82) is 0 Å². The summed E-state index contributed by atoms with van der Waals surface area (Å²) in [5.74, 6) is -0.962. The molecule has 1 aromatic rings. The van der Waals surface area contributed by atoms with Crippen LogP contribution in [0.15, 0.2) is 30.3 Å². The number of methoxy groups -OCH3 is 1. The van der Waals surface area contributed by atoms with Gasteiger partial charge in [0, 0.05) is 13.1 Å². The number of carbonyl (C=O) groups is 1. The van der Waals surface area contributed by atoms with Crippen LogP contribution in [0.2, 0.25) is 0 Å². The quantitative estimate of drug-likeness (QED) is 0.853. The lowest BCUT2D eigenvalue weighted by Gasteiger charge is -2.41. The van der Waals surface area contributed by atoms with Crippen LogP contribution in [0.5, 0.6) is 0 Å². The van der Waals surface area contributed by atoms with Crippen molar-refractivity contribution in [2.75, 3.05) is 26.7 Å². The molecule has 0 spiro atoms. The maximum absolute atomic E-state index is 12.2. The van der Waals surface area contributed by atoms with Gasteiger partial charge in [0.15, 0.2) is 0 Å². The van der Waals surface area contributed by atoms with Crippen molar-refractivity contribution in [3.05, 3.63) is 35.9 Å². The summed E-state index contributed by atoms with van der Waals surface area (Å²) in [6.45, 7) is 4.71. The molecule has 110 valence electrons. The number of esters is 1. The Morgan fingerprint density at radius 1 is 1.35 bits per heavy atom. The minimum atomic E-state index is -1.01. The number of benzene rings is 1. The standard InChI is InChI=1S/C16H23NO3/c1-3-17-11-9-16(19,10-12-17)14(15(18)20-2)13-7-5-4-6-8-13/h4-8,14,19H,3,9-12H2,1-2H3/t14-/m1/s1. The first kappa shape index (κ1) is 15.0. The summed E-state index contributed by atoms with van der Waals surface area (Å²) in [6, 6.07) is 9.44. The number of carbonyl (C=O) groups excluding carboxylic acids is 1. The van der Waals surface area contributed by atoms with Crippen molar-refractivity contribution in [2.45, 2.75) is 31.3 Å². The van der Waals surface area contributed by atoms with Gasteiger partial charge in [-0.05, 0) is 24.9 Å². The largest absolute Gasteiger partial charge is 0.468 e. The summed E-state index contributed by atoms with van der Waals surface area (Å²) in [4.78, 5) is 14.5. The molecule has 0 radical (unpaired) electrons. The zero-order chi connectivity index (χ0) is 14.6. The van der Waals surface area contributed by atoms with Crippen molar-refractivity contribution in [3.63, 3.8) is 0 Å². The molecule has 1 atom stereocenters. The third-order valence-corrected chi connectivity index (χ3v) is 4.28. The van der Waals surface area contributed by atoms with Crippen LogP contribution in [0.1, 0.15) is 31.2 Å². The van der Waals surface area contributed by atoms with E-state index in [0.717, 1.165) is 25.2 Å². The smallest absolute Gasteiger partial charge is 0.316 e. The SMILES string of the molecule is CCN1CCC(O)([C@@H](C(=O)OC)c2ccccc2)CC1. The van der Waals surface area contributed by atoms with Crippen LogP contribution in [-0.4, -0.2) is 48.3 Å². The Hall–Kier alpha value is -1.39. The van der Waals surface area contributed by atoms with Crippen LogP contribution in [0.4, 0.5) is 0 Å². The van der Waals surface area contributed by atoms with E-state index >= 15 is 0 Å². The van der Waals surface area contributed by atoms with Gasteiger partial charge in [-0.3, -0.25) is 4.79 Å². The van der Waals surface area contributed by atoms with Gasteiger partial charge in [-0.15, -0.1) is 0 Å². The molecule has 2 rings (SSSR count). The summed E-state index contributed by atoms with van der Waals surface area (Å²) < 4.78 is 4.93. The minimum absolute atomic E-state index is 0.358. The topological polar surface area (TPSA) is 49.8 Å².